The summed E-state index contributed by atoms with van der Waals surface area (Å²) in [5.41, 5.74) is 0.789. The van der Waals surface area contributed by atoms with Crippen molar-refractivity contribution in [3.05, 3.63) is 46.8 Å². The first-order chi connectivity index (χ1) is 12.4. The molecule has 0 bridgehead atoms. The molecule has 26 heavy (non-hydrogen) atoms. The Kier molecular flexibility index (Phi) is 6.74. The van der Waals surface area contributed by atoms with Crippen LogP contribution in [0.4, 0.5) is 5.00 Å². The van der Waals surface area contributed by atoms with E-state index in [9.17, 15) is 14.4 Å². The Morgan fingerprint density at radius 2 is 1.77 bits per heavy atom. The fourth-order valence-electron chi connectivity index (χ4n) is 2.32. The van der Waals surface area contributed by atoms with Gasteiger partial charge in [0.2, 0.25) is 11.8 Å². The number of ether oxygens (including phenoxy) is 2. The number of amides is 2. The number of rotatable bonds is 7. The Morgan fingerprint density at radius 1 is 1.08 bits per heavy atom. The average Bonchev–Trinajstić information content (AvgIpc) is 3.08. The first-order valence-corrected chi connectivity index (χ1v) is 8.63. The van der Waals surface area contributed by atoms with Gasteiger partial charge in [-0.25, -0.2) is 4.79 Å². The Labute approximate surface area is 155 Å². The van der Waals surface area contributed by atoms with E-state index in [1.165, 1.54) is 14.0 Å². The van der Waals surface area contributed by atoms with Crippen LogP contribution in [0.1, 0.15) is 34.6 Å². The lowest BCUT2D eigenvalue weighted by Crippen LogP contribution is -2.29. The van der Waals surface area contributed by atoms with Crippen LogP contribution in [-0.2, 0) is 14.3 Å². The molecule has 0 saturated carbocycles. The van der Waals surface area contributed by atoms with Crippen LogP contribution in [0.5, 0.6) is 5.75 Å². The summed E-state index contributed by atoms with van der Waals surface area (Å²) in [6.45, 7) is 1.40. The van der Waals surface area contributed by atoms with E-state index in [1.54, 1.807) is 43.5 Å². The standard InChI is InChI=1S/C18H20N2O5S/c1-11(21)19-14(12-4-6-13(24-2)7-5-12)10-16(22)20-17-9-8-15(26-17)18(23)25-3/h4-9,14H,10H2,1-3H3,(H,19,21)(H,20,22)/t14-/m0/s1. The van der Waals surface area contributed by atoms with Gasteiger partial charge < -0.3 is 20.1 Å². The number of anilines is 1. The summed E-state index contributed by atoms with van der Waals surface area (Å²) in [7, 11) is 2.87. The molecule has 2 rings (SSSR count). The van der Waals surface area contributed by atoms with E-state index in [4.69, 9.17) is 4.74 Å². The van der Waals surface area contributed by atoms with Crippen molar-refractivity contribution >= 4 is 34.1 Å². The van der Waals surface area contributed by atoms with Gasteiger partial charge in [0.1, 0.15) is 10.6 Å². The molecule has 0 aliphatic carbocycles. The molecule has 1 atom stereocenters. The van der Waals surface area contributed by atoms with E-state index >= 15 is 0 Å². The molecular formula is C18H20N2O5S. The Bertz CT molecular complexity index is 785. The fourth-order valence-corrected chi connectivity index (χ4v) is 3.16. The van der Waals surface area contributed by atoms with Crippen molar-refractivity contribution in [2.24, 2.45) is 0 Å². The minimum atomic E-state index is -0.474. The normalized spacial score (nSPS) is 11.3. The summed E-state index contributed by atoms with van der Waals surface area (Å²) in [6.07, 6.45) is 0.0529. The van der Waals surface area contributed by atoms with Gasteiger partial charge in [-0.3, -0.25) is 9.59 Å². The topological polar surface area (TPSA) is 93.7 Å². The Hall–Kier alpha value is -2.87. The van der Waals surface area contributed by atoms with Crippen LogP contribution in [-0.4, -0.2) is 32.0 Å². The van der Waals surface area contributed by atoms with Crippen molar-refractivity contribution in [2.75, 3.05) is 19.5 Å². The van der Waals surface area contributed by atoms with Gasteiger partial charge >= 0.3 is 5.97 Å². The third-order valence-corrected chi connectivity index (χ3v) is 4.52. The van der Waals surface area contributed by atoms with Crippen molar-refractivity contribution in [3.63, 3.8) is 0 Å². The highest BCUT2D eigenvalue weighted by Gasteiger charge is 2.18. The molecule has 0 saturated heterocycles. The molecule has 0 aliphatic rings. The number of nitrogens with one attached hydrogen (secondary N) is 2. The van der Waals surface area contributed by atoms with E-state index < -0.39 is 12.0 Å². The van der Waals surface area contributed by atoms with Crippen molar-refractivity contribution in [2.45, 2.75) is 19.4 Å². The highest BCUT2D eigenvalue weighted by molar-refractivity contribution is 7.18. The number of thiophene rings is 1. The average molecular weight is 376 g/mol. The van der Waals surface area contributed by atoms with Gasteiger partial charge in [0, 0.05) is 6.92 Å². The van der Waals surface area contributed by atoms with E-state index in [2.05, 4.69) is 15.4 Å². The predicted octanol–water partition coefficient (Wildman–Crippen LogP) is 2.75. The first-order valence-electron chi connectivity index (χ1n) is 7.82. The number of carbonyl (C=O) groups is 3. The number of benzene rings is 1. The lowest BCUT2D eigenvalue weighted by atomic mass is 10.0. The van der Waals surface area contributed by atoms with E-state index in [-0.39, 0.29) is 18.2 Å². The monoisotopic (exact) mass is 376 g/mol. The molecule has 0 fully saturated rings. The van der Waals surface area contributed by atoms with E-state index in [1.807, 2.05) is 0 Å². The Balaban J connectivity index is 2.06. The van der Waals surface area contributed by atoms with Crippen LogP contribution in [0, 0.1) is 0 Å². The van der Waals surface area contributed by atoms with Crippen LogP contribution in [0.3, 0.4) is 0 Å². The van der Waals surface area contributed by atoms with Gasteiger partial charge in [-0.2, -0.15) is 0 Å². The second kappa shape index (κ2) is 9.00. The molecule has 0 radical (unpaired) electrons. The Morgan fingerprint density at radius 3 is 2.35 bits per heavy atom. The zero-order valence-corrected chi connectivity index (χ0v) is 15.5. The van der Waals surface area contributed by atoms with Crippen LogP contribution in [0.2, 0.25) is 0 Å². The van der Waals surface area contributed by atoms with Crippen LogP contribution in [0.25, 0.3) is 0 Å². The van der Waals surface area contributed by atoms with Gasteiger partial charge in [-0.1, -0.05) is 12.1 Å². The van der Waals surface area contributed by atoms with Crippen LogP contribution in [0.15, 0.2) is 36.4 Å². The summed E-state index contributed by atoms with van der Waals surface area (Å²) in [5, 5.41) is 6.04. The number of esters is 1. The summed E-state index contributed by atoms with van der Waals surface area (Å²) in [4.78, 5) is 35.7. The van der Waals surface area contributed by atoms with Crippen molar-refractivity contribution in [1.29, 1.82) is 0 Å². The zero-order valence-electron chi connectivity index (χ0n) is 14.7. The van der Waals surface area contributed by atoms with Crippen molar-refractivity contribution < 1.29 is 23.9 Å². The molecular weight excluding hydrogens is 356 g/mol. The molecule has 2 amide bonds. The van der Waals surface area contributed by atoms with Gasteiger partial charge in [0.15, 0.2) is 0 Å². The lowest BCUT2D eigenvalue weighted by Gasteiger charge is -2.18. The van der Waals surface area contributed by atoms with Crippen LogP contribution >= 0.6 is 11.3 Å². The maximum Gasteiger partial charge on any atom is 0.348 e. The quantitative estimate of drug-likeness (QED) is 0.725. The molecule has 0 aliphatic heterocycles. The molecule has 7 nitrogen and oxygen atoms in total. The van der Waals surface area contributed by atoms with E-state index in [0.717, 1.165) is 16.9 Å². The number of methoxy groups -OCH3 is 2. The highest BCUT2D eigenvalue weighted by Crippen LogP contribution is 2.25. The zero-order chi connectivity index (χ0) is 19.1. The van der Waals surface area contributed by atoms with Crippen LogP contribution < -0.4 is 15.4 Å². The molecule has 2 aromatic rings. The van der Waals surface area contributed by atoms with Gasteiger partial charge in [-0.05, 0) is 29.8 Å². The molecule has 2 N–H and O–H groups in total. The molecule has 1 heterocycles. The maximum atomic E-state index is 12.4. The number of hydrogen-bond donors (Lipinski definition) is 2. The summed E-state index contributed by atoms with van der Waals surface area (Å²) in [5.74, 6) is -0.279. The fraction of sp³-hybridized carbons (Fsp3) is 0.278. The molecule has 1 aromatic carbocycles. The summed E-state index contributed by atoms with van der Waals surface area (Å²) in [6, 6.07) is 9.88. The van der Waals surface area contributed by atoms with Gasteiger partial charge in [-0.15, -0.1) is 11.3 Å². The number of carbonyl (C=O) groups excluding carboxylic acids is 3. The second-order valence-corrected chi connectivity index (χ2v) is 6.52. The van der Waals surface area contributed by atoms with E-state index in [0.29, 0.717) is 15.6 Å². The first kappa shape index (κ1) is 19.5. The second-order valence-electron chi connectivity index (χ2n) is 5.43. The third-order valence-electron chi connectivity index (χ3n) is 3.54. The van der Waals surface area contributed by atoms with Crippen molar-refractivity contribution in [1.82, 2.24) is 5.32 Å². The van der Waals surface area contributed by atoms with Gasteiger partial charge in [0.25, 0.3) is 0 Å². The minimum absolute atomic E-state index is 0.0529. The molecule has 0 spiro atoms. The summed E-state index contributed by atoms with van der Waals surface area (Å²) < 4.78 is 9.76. The highest BCUT2D eigenvalue weighted by atomic mass is 32.1. The molecule has 1 aromatic heterocycles. The maximum absolute atomic E-state index is 12.4. The SMILES string of the molecule is COC(=O)c1ccc(NC(=O)C[C@H](NC(C)=O)c2ccc(OC)cc2)s1. The predicted molar refractivity (Wildman–Crippen MR) is 98.5 cm³/mol. The smallest absolute Gasteiger partial charge is 0.348 e. The van der Waals surface area contributed by atoms with Crippen molar-refractivity contribution in [3.8, 4) is 5.75 Å². The molecule has 0 unspecified atom stereocenters. The molecule has 8 heteroatoms. The lowest BCUT2D eigenvalue weighted by molar-refractivity contribution is -0.120. The molecule has 138 valence electrons. The summed E-state index contributed by atoms with van der Waals surface area (Å²) >= 11 is 1.13. The van der Waals surface area contributed by atoms with Gasteiger partial charge in [0.05, 0.1) is 31.7 Å². The third kappa shape index (κ3) is 5.32. The minimum Gasteiger partial charge on any atom is -0.497 e. The largest absolute Gasteiger partial charge is 0.497 e. The number of hydrogen-bond acceptors (Lipinski definition) is 6.